The van der Waals surface area contributed by atoms with E-state index >= 15 is 0 Å². The Morgan fingerprint density at radius 1 is 1.24 bits per heavy atom. The number of aromatic nitrogens is 3. The van der Waals surface area contributed by atoms with Gasteiger partial charge in [-0.2, -0.15) is 5.10 Å². The molecule has 0 bridgehead atoms. The van der Waals surface area contributed by atoms with Crippen LogP contribution in [0.15, 0.2) is 42.6 Å². The molecular weight excluding hydrogens is 260 g/mol. The second-order valence-electron chi connectivity index (χ2n) is 5.21. The smallest absolute Gasteiger partial charge is 0.0746 e. The molecule has 3 rings (SSSR count). The van der Waals surface area contributed by atoms with Crippen molar-refractivity contribution in [3.63, 3.8) is 0 Å². The van der Waals surface area contributed by atoms with E-state index in [0.29, 0.717) is 0 Å². The van der Waals surface area contributed by atoms with Gasteiger partial charge in [0.15, 0.2) is 0 Å². The lowest BCUT2D eigenvalue weighted by Crippen LogP contribution is -2.20. The van der Waals surface area contributed by atoms with Crippen molar-refractivity contribution >= 4 is 10.9 Å². The van der Waals surface area contributed by atoms with Crippen molar-refractivity contribution in [2.45, 2.75) is 19.4 Å². The maximum Gasteiger partial charge on any atom is 0.0746 e. The number of hydrogen-bond donors (Lipinski definition) is 1. The Labute approximate surface area is 124 Å². The molecule has 3 aromatic rings. The molecule has 0 aliphatic heterocycles. The van der Waals surface area contributed by atoms with Crippen LogP contribution in [0, 0.1) is 0 Å². The summed E-state index contributed by atoms with van der Waals surface area (Å²) in [5.41, 5.74) is 4.51. The highest BCUT2D eigenvalue weighted by molar-refractivity contribution is 5.79. The third kappa shape index (κ3) is 2.54. The van der Waals surface area contributed by atoms with Crippen LogP contribution in [0.4, 0.5) is 0 Å². The molecule has 21 heavy (non-hydrogen) atoms. The number of benzene rings is 1. The first-order chi connectivity index (χ1) is 10.2. The van der Waals surface area contributed by atoms with Gasteiger partial charge in [0.2, 0.25) is 0 Å². The molecule has 0 amide bonds. The summed E-state index contributed by atoms with van der Waals surface area (Å²) in [4.78, 5) is 4.45. The zero-order valence-electron chi connectivity index (χ0n) is 12.7. The van der Waals surface area contributed by atoms with Crippen LogP contribution in [0.5, 0.6) is 0 Å². The molecule has 0 fully saturated rings. The van der Waals surface area contributed by atoms with Gasteiger partial charge in [-0.25, -0.2) is 0 Å². The number of pyridine rings is 1. The average molecular weight is 280 g/mol. The summed E-state index contributed by atoms with van der Waals surface area (Å²) >= 11 is 0. The molecule has 1 aromatic carbocycles. The van der Waals surface area contributed by atoms with E-state index in [0.717, 1.165) is 23.0 Å². The van der Waals surface area contributed by atoms with Crippen molar-refractivity contribution in [3.05, 3.63) is 59.5 Å². The molecule has 1 N–H and O–H groups in total. The summed E-state index contributed by atoms with van der Waals surface area (Å²) in [6.07, 6.45) is 2.78. The zero-order valence-corrected chi connectivity index (χ0v) is 12.7. The lowest BCUT2D eigenvalue weighted by Gasteiger charge is -2.17. The van der Waals surface area contributed by atoms with Crippen molar-refractivity contribution in [1.82, 2.24) is 20.1 Å². The van der Waals surface area contributed by atoms with E-state index in [2.05, 4.69) is 52.7 Å². The third-order valence-corrected chi connectivity index (χ3v) is 3.88. The van der Waals surface area contributed by atoms with Gasteiger partial charge in [-0.3, -0.25) is 9.67 Å². The molecule has 0 saturated heterocycles. The Hall–Kier alpha value is -2.20. The second-order valence-corrected chi connectivity index (χ2v) is 5.21. The summed E-state index contributed by atoms with van der Waals surface area (Å²) < 4.78 is 1.96. The van der Waals surface area contributed by atoms with Crippen molar-refractivity contribution < 1.29 is 0 Å². The van der Waals surface area contributed by atoms with Crippen LogP contribution >= 0.6 is 0 Å². The first-order valence-electron chi connectivity index (χ1n) is 7.27. The predicted octanol–water partition coefficient (Wildman–Crippen LogP) is 2.84. The van der Waals surface area contributed by atoms with Crippen LogP contribution in [0.3, 0.4) is 0 Å². The molecule has 0 spiro atoms. The minimum Gasteiger partial charge on any atom is -0.308 e. The number of nitrogens with one attached hydrogen (secondary N) is 1. The van der Waals surface area contributed by atoms with Gasteiger partial charge in [0.25, 0.3) is 0 Å². The molecule has 0 aliphatic rings. The van der Waals surface area contributed by atoms with Crippen LogP contribution in [-0.4, -0.2) is 21.8 Å². The molecule has 1 unspecified atom stereocenters. The fraction of sp³-hybridized carbons (Fsp3) is 0.294. The fourth-order valence-corrected chi connectivity index (χ4v) is 2.73. The van der Waals surface area contributed by atoms with Crippen LogP contribution in [0.1, 0.15) is 29.9 Å². The highest BCUT2D eigenvalue weighted by Crippen LogP contribution is 2.25. The van der Waals surface area contributed by atoms with Gasteiger partial charge in [-0.05, 0) is 37.2 Å². The van der Waals surface area contributed by atoms with Crippen LogP contribution < -0.4 is 5.32 Å². The Bertz CT molecular complexity index is 760. The molecule has 2 aromatic heterocycles. The minimum atomic E-state index is 0.120. The lowest BCUT2D eigenvalue weighted by molar-refractivity contribution is 0.604. The van der Waals surface area contributed by atoms with E-state index < -0.39 is 0 Å². The Balaban J connectivity index is 2.06. The van der Waals surface area contributed by atoms with E-state index in [1.54, 1.807) is 0 Å². The quantitative estimate of drug-likeness (QED) is 0.799. The van der Waals surface area contributed by atoms with E-state index in [-0.39, 0.29) is 6.04 Å². The Morgan fingerprint density at radius 3 is 2.81 bits per heavy atom. The van der Waals surface area contributed by atoms with Crippen LogP contribution in [-0.2, 0) is 13.5 Å². The monoisotopic (exact) mass is 280 g/mol. The highest BCUT2D eigenvalue weighted by atomic mass is 15.3. The molecule has 2 heterocycles. The normalized spacial score (nSPS) is 12.7. The molecule has 0 radical (unpaired) electrons. The maximum absolute atomic E-state index is 4.55. The van der Waals surface area contributed by atoms with E-state index in [9.17, 15) is 0 Å². The minimum absolute atomic E-state index is 0.120. The van der Waals surface area contributed by atoms with Gasteiger partial charge in [0.05, 0.1) is 22.9 Å². The summed E-state index contributed by atoms with van der Waals surface area (Å²) in [6, 6.07) is 12.8. The van der Waals surface area contributed by atoms with Gasteiger partial charge in [0.1, 0.15) is 0 Å². The van der Waals surface area contributed by atoms with Crippen molar-refractivity contribution in [1.29, 1.82) is 0 Å². The number of aryl methyl sites for hydroxylation is 2. The molecular formula is C17H20N4. The molecule has 108 valence electrons. The molecule has 1 atom stereocenters. The molecule has 4 nitrogen and oxygen atoms in total. The van der Waals surface area contributed by atoms with Gasteiger partial charge < -0.3 is 5.32 Å². The van der Waals surface area contributed by atoms with Crippen molar-refractivity contribution in [2.75, 3.05) is 7.05 Å². The molecule has 4 heteroatoms. The first kappa shape index (κ1) is 13.8. The molecule has 0 saturated carbocycles. The summed E-state index contributed by atoms with van der Waals surface area (Å²) in [6.45, 7) is 2.13. The molecule has 0 aliphatic carbocycles. The maximum atomic E-state index is 4.55. The standard InChI is InChI=1S/C17H20N4/c1-4-14-11-16(21(3)20-14)17(18-2)13-8-7-12-6-5-9-19-15(12)10-13/h5-11,17-18H,4H2,1-3H3. The summed E-state index contributed by atoms with van der Waals surface area (Å²) in [7, 11) is 3.98. The van der Waals surface area contributed by atoms with Gasteiger partial charge in [-0.1, -0.05) is 25.1 Å². The third-order valence-electron chi connectivity index (χ3n) is 3.88. The SMILES string of the molecule is CCc1cc(C(NC)c2ccc3cccnc3c2)n(C)n1. The lowest BCUT2D eigenvalue weighted by atomic mass is 10.0. The first-order valence-corrected chi connectivity index (χ1v) is 7.27. The van der Waals surface area contributed by atoms with Crippen LogP contribution in [0.2, 0.25) is 0 Å². The predicted molar refractivity (Wildman–Crippen MR) is 85.2 cm³/mol. The number of nitrogens with zero attached hydrogens (tertiary/aromatic N) is 3. The fourth-order valence-electron chi connectivity index (χ4n) is 2.73. The van der Waals surface area contributed by atoms with Gasteiger partial charge in [0, 0.05) is 18.6 Å². The van der Waals surface area contributed by atoms with Crippen LogP contribution in [0.25, 0.3) is 10.9 Å². The topological polar surface area (TPSA) is 42.7 Å². The summed E-state index contributed by atoms with van der Waals surface area (Å²) in [5, 5.41) is 9.10. The van der Waals surface area contributed by atoms with Gasteiger partial charge >= 0.3 is 0 Å². The largest absolute Gasteiger partial charge is 0.308 e. The summed E-state index contributed by atoms with van der Waals surface area (Å²) in [5.74, 6) is 0. The van der Waals surface area contributed by atoms with Crippen molar-refractivity contribution in [2.24, 2.45) is 7.05 Å². The average Bonchev–Trinajstić information content (AvgIpc) is 2.89. The highest BCUT2D eigenvalue weighted by Gasteiger charge is 2.17. The second kappa shape index (κ2) is 5.66. The Kier molecular flexibility index (Phi) is 3.71. The van der Waals surface area contributed by atoms with E-state index in [1.807, 2.05) is 31.0 Å². The van der Waals surface area contributed by atoms with E-state index in [1.165, 1.54) is 11.3 Å². The van der Waals surface area contributed by atoms with E-state index in [4.69, 9.17) is 0 Å². The number of hydrogen-bond acceptors (Lipinski definition) is 3. The zero-order chi connectivity index (χ0) is 14.8. The van der Waals surface area contributed by atoms with Gasteiger partial charge in [-0.15, -0.1) is 0 Å². The number of fused-ring (bicyclic) bond motifs is 1. The number of rotatable bonds is 4. The van der Waals surface area contributed by atoms with Crippen molar-refractivity contribution in [3.8, 4) is 0 Å². The Morgan fingerprint density at radius 2 is 2.10 bits per heavy atom.